The fourth-order valence-corrected chi connectivity index (χ4v) is 2.41. The van der Waals surface area contributed by atoms with Gasteiger partial charge in [-0.25, -0.2) is 9.97 Å². The lowest BCUT2D eigenvalue weighted by Gasteiger charge is -2.07. The average molecular weight is 276 g/mol. The van der Waals surface area contributed by atoms with Crippen LogP contribution in [0.1, 0.15) is 10.4 Å². The van der Waals surface area contributed by atoms with Crippen molar-refractivity contribution in [3.05, 3.63) is 29.8 Å². The zero-order valence-electron chi connectivity index (χ0n) is 9.83. The van der Waals surface area contributed by atoms with Crippen molar-refractivity contribution < 1.29 is 4.79 Å². The largest absolute Gasteiger partial charge is 0.399 e. The monoisotopic (exact) mass is 276 g/mol. The summed E-state index contributed by atoms with van der Waals surface area (Å²) < 4.78 is 0. The Labute approximate surface area is 113 Å². The third-order valence-electron chi connectivity index (χ3n) is 2.22. The number of carbonyl (C=O) groups is 1. The predicted molar refractivity (Wildman–Crippen MR) is 74.4 cm³/mol. The topological polar surface area (TPSA) is 147 Å². The van der Waals surface area contributed by atoms with E-state index >= 15 is 0 Å². The van der Waals surface area contributed by atoms with Crippen molar-refractivity contribution in [3.8, 4) is 0 Å². The molecule has 0 saturated carbocycles. The normalized spacial score (nSPS) is 10.3. The number of nitrogens with zero attached hydrogens (tertiary/aromatic N) is 2. The van der Waals surface area contributed by atoms with Crippen LogP contribution >= 0.6 is 11.8 Å². The van der Waals surface area contributed by atoms with Crippen LogP contribution in [0.2, 0.25) is 0 Å². The van der Waals surface area contributed by atoms with Crippen LogP contribution in [0.15, 0.2) is 34.3 Å². The minimum atomic E-state index is -0.556. The summed E-state index contributed by atoms with van der Waals surface area (Å²) in [5, 5.41) is 0.325. The first-order valence-electron chi connectivity index (χ1n) is 5.23. The molecule has 0 atom stereocenters. The Morgan fingerprint density at radius 1 is 1.05 bits per heavy atom. The smallest absolute Gasteiger partial charge is 0.249 e. The van der Waals surface area contributed by atoms with Crippen LogP contribution in [0, 0.1) is 0 Å². The number of nitrogens with two attached hydrogens (primary N) is 4. The quantitative estimate of drug-likeness (QED) is 0.470. The molecule has 0 bridgehead atoms. The van der Waals surface area contributed by atoms with Crippen molar-refractivity contribution in [2.75, 3.05) is 17.2 Å². The maximum atomic E-state index is 11.3. The second-order valence-electron chi connectivity index (χ2n) is 3.72. The molecule has 0 radical (unpaired) electrons. The van der Waals surface area contributed by atoms with Gasteiger partial charge in [-0.05, 0) is 30.0 Å². The highest BCUT2D eigenvalue weighted by Gasteiger charge is 2.12. The van der Waals surface area contributed by atoms with E-state index < -0.39 is 5.91 Å². The van der Waals surface area contributed by atoms with Crippen LogP contribution in [0.4, 0.5) is 17.3 Å². The average Bonchev–Trinajstić information content (AvgIpc) is 2.26. The molecule has 0 fully saturated rings. The van der Waals surface area contributed by atoms with Crippen LogP contribution in [0.3, 0.4) is 0 Å². The van der Waals surface area contributed by atoms with Crippen molar-refractivity contribution in [3.63, 3.8) is 0 Å². The van der Waals surface area contributed by atoms with Crippen molar-refractivity contribution >= 4 is 35.0 Å². The van der Waals surface area contributed by atoms with Crippen molar-refractivity contribution in [1.82, 2.24) is 9.97 Å². The van der Waals surface area contributed by atoms with Crippen LogP contribution in [-0.2, 0) is 0 Å². The third kappa shape index (κ3) is 3.05. The van der Waals surface area contributed by atoms with Gasteiger partial charge in [-0.1, -0.05) is 0 Å². The fraction of sp³-hybridized carbons (Fsp3) is 0. The molecule has 0 saturated heterocycles. The van der Waals surface area contributed by atoms with Gasteiger partial charge in [0.05, 0.1) is 5.56 Å². The number of hydrogen-bond acceptors (Lipinski definition) is 7. The van der Waals surface area contributed by atoms with E-state index in [2.05, 4.69) is 9.97 Å². The van der Waals surface area contributed by atoms with Crippen LogP contribution in [0.5, 0.6) is 0 Å². The van der Waals surface area contributed by atoms with Crippen molar-refractivity contribution in [1.29, 1.82) is 0 Å². The molecular formula is C11H12N6OS. The molecule has 0 spiro atoms. The van der Waals surface area contributed by atoms with Gasteiger partial charge in [-0.2, -0.15) is 0 Å². The molecule has 0 aliphatic rings. The zero-order chi connectivity index (χ0) is 14.0. The Morgan fingerprint density at radius 3 is 2.26 bits per heavy atom. The van der Waals surface area contributed by atoms with Gasteiger partial charge in [0.1, 0.15) is 11.6 Å². The molecule has 1 amide bonds. The van der Waals surface area contributed by atoms with Crippen molar-refractivity contribution in [2.45, 2.75) is 10.1 Å². The fourth-order valence-electron chi connectivity index (χ4n) is 1.43. The second kappa shape index (κ2) is 5.02. The summed E-state index contributed by atoms with van der Waals surface area (Å²) >= 11 is 1.12. The lowest BCUT2D eigenvalue weighted by Crippen LogP contribution is -2.12. The van der Waals surface area contributed by atoms with Gasteiger partial charge >= 0.3 is 0 Å². The molecule has 7 nitrogen and oxygen atoms in total. The van der Waals surface area contributed by atoms with Gasteiger partial charge in [-0.15, -0.1) is 0 Å². The molecule has 2 rings (SSSR count). The molecule has 98 valence electrons. The number of aromatic nitrogens is 2. The minimum Gasteiger partial charge on any atom is -0.399 e. The van der Waals surface area contributed by atoms with Gasteiger partial charge in [0.25, 0.3) is 0 Å². The number of benzene rings is 1. The standard InChI is InChI=1S/C11H12N6OS/c12-5-1-2-6(10(15)18)7(3-5)19-11-16-8(13)4-9(14)17-11/h1-4H,12H2,(H2,15,18)(H4,13,14,16,17). The highest BCUT2D eigenvalue weighted by molar-refractivity contribution is 7.99. The van der Waals surface area contributed by atoms with E-state index in [0.29, 0.717) is 21.3 Å². The van der Waals surface area contributed by atoms with Gasteiger partial charge in [-0.3, -0.25) is 4.79 Å². The SMILES string of the molecule is NC(=O)c1ccc(N)cc1Sc1nc(N)cc(N)n1. The lowest BCUT2D eigenvalue weighted by molar-refractivity contribution is 0.0997. The maximum absolute atomic E-state index is 11.3. The number of primary amides is 1. The number of nitrogen functional groups attached to an aromatic ring is 3. The number of amides is 1. The Balaban J connectivity index is 2.42. The van der Waals surface area contributed by atoms with Crippen LogP contribution in [-0.4, -0.2) is 15.9 Å². The molecule has 19 heavy (non-hydrogen) atoms. The molecule has 1 aromatic carbocycles. The molecule has 0 unspecified atom stereocenters. The highest BCUT2D eigenvalue weighted by atomic mass is 32.2. The summed E-state index contributed by atoms with van der Waals surface area (Å²) in [5.41, 5.74) is 23.0. The molecule has 0 aliphatic carbocycles. The third-order valence-corrected chi connectivity index (χ3v) is 3.14. The van der Waals surface area contributed by atoms with Crippen LogP contribution in [0.25, 0.3) is 0 Å². The van der Waals surface area contributed by atoms with E-state index in [4.69, 9.17) is 22.9 Å². The molecular weight excluding hydrogens is 264 g/mol. The predicted octanol–water partition coefficient (Wildman–Crippen LogP) is 0.473. The summed E-state index contributed by atoms with van der Waals surface area (Å²) in [5.74, 6) is -0.0570. The Morgan fingerprint density at radius 2 is 1.68 bits per heavy atom. The Bertz CT molecular complexity index is 625. The maximum Gasteiger partial charge on any atom is 0.249 e. The summed E-state index contributed by atoms with van der Waals surface area (Å²) in [6, 6.07) is 6.21. The number of carbonyl (C=O) groups excluding carboxylic acids is 1. The Hall–Kier alpha value is -2.48. The molecule has 8 N–H and O–H groups in total. The highest BCUT2D eigenvalue weighted by Crippen LogP contribution is 2.30. The number of hydrogen-bond donors (Lipinski definition) is 4. The molecule has 8 heteroatoms. The van der Waals surface area contributed by atoms with E-state index in [0.717, 1.165) is 11.8 Å². The lowest BCUT2D eigenvalue weighted by atomic mass is 10.2. The number of anilines is 3. The van der Waals surface area contributed by atoms with Gasteiger partial charge in [0, 0.05) is 16.6 Å². The molecule has 0 aliphatic heterocycles. The first kappa shape index (κ1) is 13.0. The zero-order valence-corrected chi connectivity index (χ0v) is 10.6. The molecule has 1 heterocycles. The van der Waals surface area contributed by atoms with E-state index in [1.165, 1.54) is 6.07 Å². The van der Waals surface area contributed by atoms with Gasteiger partial charge in [0.2, 0.25) is 5.91 Å². The summed E-state index contributed by atoms with van der Waals surface area (Å²) in [6.07, 6.45) is 0. The summed E-state index contributed by atoms with van der Waals surface area (Å²) in [4.78, 5) is 19.9. The first-order chi connectivity index (χ1) is 8.95. The summed E-state index contributed by atoms with van der Waals surface area (Å²) in [6.45, 7) is 0. The summed E-state index contributed by atoms with van der Waals surface area (Å²) in [7, 11) is 0. The van der Waals surface area contributed by atoms with Gasteiger partial charge < -0.3 is 22.9 Å². The number of rotatable bonds is 3. The first-order valence-corrected chi connectivity index (χ1v) is 6.04. The minimum absolute atomic E-state index is 0.250. The Kier molecular flexibility index (Phi) is 3.43. The van der Waals surface area contributed by atoms with Crippen molar-refractivity contribution in [2.24, 2.45) is 5.73 Å². The van der Waals surface area contributed by atoms with E-state index in [9.17, 15) is 4.79 Å². The second-order valence-corrected chi connectivity index (χ2v) is 4.73. The van der Waals surface area contributed by atoms with E-state index in [-0.39, 0.29) is 11.6 Å². The van der Waals surface area contributed by atoms with Gasteiger partial charge in [0.15, 0.2) is 5.16 Å². The van der Waals surface area contributed by atoms with E-state index in [1.54, 1.807) is 18.2 Å². The molecule has 1 aromatic heterocycles. The van der Waals surface area contributed by atoms with Crippen LogP contribution < -0.4 is 22.9 Å². The van der Waals surface area contributed by atoms with E-state index in [1.807, 2.05) is 0 Å². The molecule has 2 aromatic rings.